The van der Waals surface area contributed by atoms with Crippen molar-refractivity contribution >= 4 is 22.8 Å². The second kappa shape index (κ2) is 8.01. The number of likely N-dealkylation sites (tertiary alicyclic amines) is 1. The molecule has 31 heavy (non-hydrogen) atoms. The van der Waals surface area contributed by atoms with Gasteiger partial charge in [0.2, 0.25) is 11.9 Å². The summed E-state index contributed by atoms with van der Waals surface area (Å²) in [4.78, 5) is 24.2. The summed E-state index contributed by atoms with van der Waals surface area (Å²) in [6.07, 6.45) is 7.28. The zero-order valence-corrected chi connectivity index (χ0v) is 18.0. The fourth-order valence-corrected chi connectivity index (χ4v) is 4.48. The van der Waals surface area contributed by atoms with Gasteiger partial charge in [-0.3, -0.25) is 14.8 Å². The van der Waals surface area contributed by atoms with Crippen LogP contribution in [0.2, 0.25) is 0 Å². The third-order valence-electron chi connectivity index (χ3n) is 6.32. The number of hydrogen-bond acceptors (Lipinski definition) is 6. The zero-order valence-electron chi connectivity index (χ0n) is 18.0. The van der Waals surface area contributed by atoms with Crippen LogP contribution in [-0.4, -0.2) is 63.4 Å². The Morgan fingerprint density at radius 3 is 2.71 bits per heavy atom. The number of aromatic nitrogens is 4. The molecule has 1 amide bonds. The van der Waals surface area contributed by atoms with Crippen molar-refractivity contribution in [1.82, 2.24) is 24.6 Å². The van der Waals surface area contributed by atoms with Crippen LogP contribution in [0.5, 0.6) is 0 Å². The van der Waals surface area contributed by atoms with Crippen LogP contribution in [0.15, 0.2) is 36.8 Å². The van der Waals surface area contributed by atoms with E-state index >= 15 is 0 Å². The molecule has 8 nitrogen and oxygen atoms in total. The van der Waals surface area contributed by atoms with E-state index in [1.807, 2.05) is 37.6 Å². The Kier molecular flexibility index (Phi) is 5.19. The summed E-state index contributed by atoms with van der Waals surface area (Å²) in [5, 5.41) is 8.11. The standard InChI is InChI=1S/C23H28N6O2/c1-23(14-31-15-23)13-29-7-5-16(6-8-29)21(30)27-22-24-10-18-4-3-17(9-20(18)26-22)19-11-25-28(2)12-19/h3-4,9-12,16H,5-8,13-15H2,1-2H3,(H,24,26,27,30). The van der Waals surface area contributed by atoms with Gasteiger partial charge in [-0.15, -0.1) is 0 Å². The second-order valence-corrected chi connectivity index (χ2v) is 9.21. The molecule has 0 spiro atoms. The molecule has 2 aliphatic heterocycles. The van der Waals surface area contributed by atoms with Gasteiger partial charge in [-0.05, 0) is 37.6 Å². The molecule has 2 aromatic heterocycles. The number of ether oxygens (including phenoxy) is 1. The molecule has 1 N–H and O–H groups in total. The first kappa shape index (κ1) is 20.1. The van der Waals surface area contributed by atoms with E-state index in [9.17, 15) is 4.79 Å². The first-order valence-electron chi connectivity index (χ1n) is 10.8. The van der Waals surface area contributed by atoms with Crippen LogP contribution in [0.4, 0.5) is 5.95 Å². The molecule has 2 aliphatic rings. The summed E-state index contributed by atoms with van der Waals surface area (Å²) in [7, 11) is 1.90. The molecule has 162 valence electrons. The molecule has 1 aromatic carbocycles. The molecule has 8 heteroatoms. The van der Waals surface area contributed by atoms with Crippen molar-refractivity contribution < 1.29 is 9.53 Å². The van der Waals surface area contributed by atoms with Crippen molar-refractivity contribution in [3.8, 4) is 11.1 Å². The second-order valence-electron chi connectivity index (χ2n) is 9.21. The highest BCUT2D eigenvalue weighted by molar-refractivity contribution is 5.92. The third kappa shape index (κ3) is 4.31. The van der Waals surface area contributed by atoms with Gasteiger partial charge in [0.15, 0.2) is 0 Å². The first-order chi connectivity index (χ1) is 15.0. The summed E-state index contributed by atoms with van der Waals surface area (Å²) < 4.78 is 7.13. The summed E-state index contributed by atoms with van der Waals surface area (Å²) in [6.45, 7) is 6.90. The van der Waals surface area contributed by atoms with Crippen molar-refractivity contribution in [2.45, 2.75) is 19.8 Å². The molecule has 0 atom stereocenters. The van der Waals surface area contributed by atoms with Crippen LogP contribution in [0.3, 0.4) is 0 Å². The number of hydrogen-bond donors (Lipinski definition) is 1. The van der Waals surface area contributed by atoms with Crippen molar-refractivity contribution in [3.63, 3.8) is 0 Å². The minimum Gasteiger partial charge on any atom is -0.380 e. The predicted octanol–water partition coefficient (Wildman–Crippen LogP) is 2.72. The number of rotatable bonds is 5. The monoisotopic (exact) mass is 420 g/mol. The Hall–Kier alpha value is -2.84. The molecular weight excluding hydrogens is 392 g/mol. The maximum absolute atomic E-state index is 12.8. The number of fused-ring (bicyclic) bond motifs is 1. The van der Waals surface area contributed by atoms with E-state index in [0.717, 1.165) is 67.7 Å². The summed E-state index contributed by atoms with van der Waals surface area (Å²) >= 11 is 0. The van der Waals surface area contributed by atoms with Crippen molar-refractivity contribution in [2.75, 3.05) is 38.2 Å². The predicted molar refractivity (Wildman–Crippen MR) is 118 cm³/mol. The van der Waals surface area contributed by atoms with E-state index in [1.165, 1.54) is 0 Å². The van der Waals surface area contributed by atoms with E-state index in [4.69, 9.17) is 4.74 Å². The van der Waals surface area contributed by atoms with Crippen LogP contribution in [0, 0.1) is 11.3 Å². The van der Waals surface area contributed by atoms with Crippen LogP contribution in [-0.2, 0) is 16.6 Å². The molecular formula is C23H28N6O2. The molecule has 2 saturated heterocycles. The van der Waals surface area contributed by atoms with Gasteiger partial charge in [-0.2, -0.15) is 5.10 Å². The Morgan fingerprint density at radius 1 is 1.23 bits per heavy atom. The van der Waals surface area contributed by atoms with Gasteiger partial charge in [-0.25, -0.2) is 9.97 Å². The largest absolute Gasteiger partial charge is 0.380 e. The fourth-order valence-electron chi connectivity index (χ4n) is 4.48. The lowest BCUT2D eigenvalue weighted by Crippen LogP contribution is -2.51. The molecule has 2 fully saturated rings. The molecule has 4 heterocycles. The maximum atomic E-state index is 12.8. The number of piperidine rings is 1. The van der Waals surface area contributed by atoms with Gasteiger partial charge in [-0.1, -0.05) is 19.1 Å². The molecule has 5 rings (SSSR count). The number of carbonyl (C=O) groups excluding carboxylic acids is 1. The number of aryl methyl sites for hydroxylation is 1. The van der Waals surface area contributed by atoms with E-state index < -0.39 is 0 Å². The lowest BCUT2D eigenvalue weighted by atomic mass is 9.86. The first-order valence-corrected chi connectivity index (χ1v) is 10.8. The van der Waals surface area contributed by atoms with Gasteiger partial charge in [0.1, 0.15) is 0 Å². The number of benzene rings is 1. The smallest absolute Gasteiger partial charge is 0.229 e. The van der Waals surface area contributed by atoms with Crippen molar-refractivity contribution in [1.29, 1.82) is 0 Å². The quantitative estimate of drug-likeness (QED) is 0.683. The van der Waals surface area contributed by atoms with E-state index in [-0.39, 0.29) is 17.2 Å². The maximum Gasteiger partial charge on any atom is 0.229 e. The SMILES string of the molecule is Cn1cc(-c2ccc3cnc(NC(=O)C4CCN(CC5(C)COC5)CC4)nc3c2)cn1. The van der Waals surface area contributed by atoms with Crippen molar-refractivity contribution in [3.05, 3.63) is 36.8 Å². The Balaban J connectivity index is 1.23. The molecule has 0 unspecified atom stereocenters. The Labute approximate surface area is 181 Å². The summed E-state index contributed by atoms with van der Waals surface area (Å²) in [5.41, 5.74) is 3.15. The molecule has 0 aliphatic carbocycles. The minimum absolute atomic E-state index is 0.00252. The average Bonchev–Trinajstić information content (AvgIpc) is 3.19. The fraction of sp³-hybridized carbons (Fsp3) is 0.478. The van der Waals surface area contributed by atoms with E-state index in [0.29, 0.717) is 5.95 Å². The van der Waals surface area contributed by atoms with Crippen LogP contribution in [0.25, 0.3) is 22.0 Å². The Bertz CT molecular complexity index is 1100. The Morgan fingerprint density at radius 2 is 2.03 bits per heavy atom. The molecule has 0 radical (unpaired) electrons. The lowest BCUT2D eigenvalue weighted by molar-refractivity contribution is -0.125. The number of carbonyl (C=O) groups is 1. The van der Waals surface area contributed by atoms with E-state index in [1.54, 1.807) is 10.9 Å². The minimum atomic E-state index is 0.00252. The highest BCUT2D eigenvalue weighted by atomic mass is 16.5. The number of nitrogens with zero attached hydrogens (tertiary/aromatic N) is 5. The lowest BCUT2D eigenvalue weighted by Gasteiger charge is -2.43. The van der Waals surface area contributed by atoms with E-state index in [2.05, 4.69) is 32.2 Å². The topological polar surface area (TPSA) is 85.2 Å². The number of amides is 1. The van der Waals surface area contributed by atoms with Gasteiger partial charge < -0.3 is 9.64 Å². The van der Waals surface area contributed by atoms with Gasteiger partial charge in [0, 0.05) is 48.3 Å². The normalized spacial score (nSPS) is 19.3. The highest BCUT2D eigenvalue weighted by Gasteiger charge is 2.36. The molecule has 0 saturated carbocycles. The van der Waals surface area contributed by atoms with Gasteiger partial charge in [0.05, 0.1) is 24.9 Å². The van der Waals surface area contributed by atoms with Crippen LogP contribution >= 0.6 is 0 Å². The van der Waals surface area contributed by atoms with Gasteiger partial charge >= 0.3 is 0 Å². The van der Waals surface area contributed by atoms with Crippen LogP contribution in [0.1, 0.15) is 19.8 Å². The molecule has 0 bridgehead atoms. The van der Waals surface area contributed by atoms with Gasteiger partial charge in [0.25, 0.3) is 0 Å². The summed E-state index contributed by atoms with van der Waals surface area (Å²) in [5.74, 6) is 0.380. The zero-order chi connectivity index (χ0) is 21.4. The average molecular weight is 421 g/mol. The number of anilines is 1. The third-order valence-corrected chi connectivity index (χ3v) is 6.32. The number of nitrogens with one attached hydrogen (secondary N) is 1. The summed E-state index contributed by atoms with van der Waals surface area (Å²) in [6, 6.07) is 6.03. The van der Waals surface area contributed by atoms with Crippen LogP contribution < -0.4 is 5.32 Å². The van der Waals surface area contributed by atoms with Crippen molar-refractivity contribution in [2.24, 2.45) is 18.4 Å². The molecule has 3 aromatic rings. The highest BCUT2D eigenvalue weighted by Crippen LogP contribution is 2.30.